The van der Waals surface area contributed by atoms with Crippen molar-refractivity contribution < 1.29 is 14.3 Å². The maximum Gasteiger partial charge on any atom is 0.248 e. The molecule has 0 aromatic carbocycles. The fourth-order valence-corrected chi connectivity index (χ4v) is 2.86. The first kappa shape index (κ1) is 15.4. The molecular weight excluding hydrogens is 272 g/mol. The normalized spacial score (nSPS) is 21.3. The van der Waals surface area contributed by atoms with E-state index in [0.29, 0.717) is 13.0 Å². The zero-order valence-electron chi connectivity index (χ0n) is 12.3. The predicted octanol–water partition coefficient (Wildman–Crippen LogP) is -0.227. The number of amides is 2. The van der Waals surface area contributed by atoms with Crippen LogP contribution in [0.3, 0.4) is 0 Å². The van der Waals surface area contributed by atoms with Crippen molar-refractivity contribution in [3.05, 3.63) is 24.3 Å². The highest BCUT2D eigenvalue weighted by Crippen LogP contribution is 2.30. The van der Waals surface area contributed by atoms with Crippen molar-refractivity contribution in [3.63, 3.8) is 0 Å². The van der Waals surface area contributed by atoms with Gasteiger partial charge in [0.2, 0.25) is 11.8 Å². The Morgan fingerprint density at radius 2 is 2.14 bits per heavy atom. The van der Waals surface area contributed by atoms with Gasteiger partial charge in [0.1, 0.15) is 11.9 Å². The molecule has 114 valence electrons. The van der Waals surface area contributed by atoms with E-state index in [1.54, 1.807) is 24.3 Å². The van der Waals surface area contributed by atoms with Crippen LogP contribution in [0.15, 0.2) is 18.7 Å². The number of carbonyl (C=O) groups is 2. The molecule has 0 saturated carbocycles. The Balaban J connectivity index is 2.19. The Kier molecular flexibility index (Phi) is 4.85. The van der Waals surface area contributed by atoms with Gasteiger partial charge in [-0.15, -0.1) is 0 Å². The number of methoxy groups -OCH3 is 1. The zero-order chi connectivity index (χ0) is 15.3. The highest BCUT2D eigenvalue weighted by molar-refractivity contribution is 5.92. The minimum absolute atomic E-state index is 0.108. The van der Waals surface area contributed by atoms with Crippen LogP contribution in [0, 0.1) is 0 Å². The molecule has 2 rings (SSSR count). The maximum absolute atomic E-state index is 12.6. The molecule has 0 spiro atoms. The molecule has 2 heterocycles. The minimum atomic E-state index is -0.907. The van der Waals surface area contributed by atoms with Crippen molar-refractivity contribution in [2.45, 2.75) is 24.8 Å². The van der Waals surface area contributed by atoms with E-state index in [-0.39, 0.29) is 24.8 Å². The number of rotatable bonds is 5. The van der Waals surface area contributed by atoms with Crippen molar-refractivity contribution in [1.29, 1.82) is 0 Å². The number of carbonyl (C=O) groups excluding carboxylic acids is 2. The first-order valence-electron chi connectivity index (χ1n) is 6.89. The van der Waals surface area contributed by atoms with Crippen LogP contribution in [-0.2, 0) is 20.7 Å². The Labute approximate surface area is 123 Å². The van der Waals surface area contributed by atoms with Gasteiger partial charge in [0.25, 0.3) is 0 Å². The molecule has 0 aliphatic carbocycles. The third-order valence-corrected chi connectivity index (χ3v) is 3.79. The third-order valence-electron chi connectivity index (χ3n) is 3.79. The number of likely N-dealkylation sites (tertiary alicyclic amines) is 1. The van der Waals surface area contributed by atoms with Crippen molar-refractivity contribution in [3.8, 4) is 0 Å². The zero-order valence-corrected chi connectivity index (χ0v) is 12.3. The number of likely N-dealkylation sites (N-methyl/N-ethyl adjacent to an activating group) is 1. The molecule has 1 aromatic heterocycles. The lowest BCUT2D eigenvalue weighted by atomic mass is 9.95. The molecule has 1 unspecified atom stereocenters. The standard InChI is InChI=1S/C14H20N4O3/c1-15-13(20)14(9-21-2)4-3-5-18(14)12(19)6-11-7-16-10-17-8-11/h7-8,10H,3-6,9H2,1-2H3,(H,15,20). The Bertz CT molecular complexity index is 508. The average molecular weight is 292 g/mol. The molecule has 2 amide bonds. The summed E-state index contributed by atoms with van der Waals surface area (Å²) in [4.78, 5) is 34.3. The number of hydrogen-bond acceptors (Lipinski definition) is 5. The van der Waals surface area contributed by atoms with Crippen LogP contribution >= 0.6 is 0 Å². The van der Waals surface area contributed by atoms with E-state index >= 15 is 0 Å². The number of ether oxygens (including phenoxy) is 1. The monoisotopic (exact) mass is 292 g/mol. The van der Waals surface area contributed by atoms with Crippen LogP contribution in [0.25, 0.3) is 0 Å². The second-order valence-corrected chi connectivity index (χ2v) is 5.12. The lowest BCUT2D eigenvalue weighted by Crippen LogP contribution is -2.59. The third kappa shape index (κ3) is 3.02. The van der Waals surface area contributed by atoms with Gasteiger partial charge >= 0.3 is 0 Å². The van der Waals surface area contributed by atoms with E-state index in [4.69, 9.17) is 4.74 Å². The largest absolute Gasteiger partial charge is 0.382 e. The highest BCUT2D eigenvalue weighted by atomic mass is 16.5. The molecule has 7 nitrogen and oxygen atoms in total. The van der Waals surface area contributed by atoms with Crippen LogP contribution in [-0.4, -0.2) is 59.5 Å². The molecule has 1 saturated heterocycles. The van der Waals surface area contributed by atoms with Gasteiger partial charge in [0, 0.05) is 33.1 Å². The number of nitrogens with zero attached hydrogens (tertiary/aromatic N) is 3. The van der Waals surface area contributed by atoms with Gasteiger partial charge in [-0.2, -0.15) is 0 Å². The molecule has 1 aromatic rings. The summed E-state index contributed by atoms with van der Waals surface area (Å²) < 4.78 is 5.20. The van der Waals surface area contributed by atoms with Crippen molar-refractivity contribution in [2.75, 3.05) is 27.3 Å². The molecule has 0 radical (unpaired) electrons. The van der Waals surface area contributed by atoms with Gasteiger partial charge in [0.05, 0.1) is 13.0 Å². The first-order valence-corrected chi connectivity index (χ1v) is 6.89. The van der Waals surface area contributed by atoms with Gasteiger partial charge in [-0.1, -0.05) is 0 Å². The lowest BCUT2D eigenvalue weighted by molar-refractivity contribution is -0.147. The van der Waals surface area contributed by atoms with Gasteiger partial charge in [-0.25, -0.2) is 9.97 Å². The topological polar surface area (TPSA) is 84.4 Å². The molecule has 1 aliphatic heterocycles. The summed E-state index contributed by atoms with van der Waals surface area (Å²) in [6.07, 6.45) is 6.22. The van der Waals surface area contributed by atoms with E-state index < -0.39 is 5.54 Å². The summed E-state index contributed by atoms with van der Waals surface area (Å²) in [5.74, 6) is -0.289. The molecular formula is C14H20N4O3. The van der Waals surface area contributed by atoms with Crippen molar-refractivity contribution >= 4 is 11.8 Å². The van der Waals surface area contributed by atoms with Crippen LogP contribution in [0.4, 0.5) is 0 Å². The van der Waals surface area contributed by atoms with Gasteiger partial charge in [-0.3, -0.25) is 9.59 Å². The molecule has 1 atom stereocenters. The number of nitrogens with one attached hydrogen (secondary N) is 1. The van der Waals surface area contributed by atoms with E-state index in [0.717, 1.165) is 12.0 Å². The average Bonchev–Trinajstić information content (AvgIpc) is 2.93. The molecule has 21 heavy (non-hydrogen) atoms. The minimum Gasteiger partial charge on any atom is -0.382 e. The first-order chi connectivity index (χ1) is 10.1. The second-order valence-electron chi connectivity index (χ2n) is 5.12. The summed E-state index contributed by atoms with van der Waals surface area (Å²) in [6.45, 7) is 0.757. The molecule has 1 fully saturated rings. The Morgan fingerprint density at radius 3 is 2.76 bits per heavy atom. The fraction of sp³-hybridized carbons (Fsp3) is 0.571. The second kappa shape index (κ2) is 6.62. The van der Waals surface area contributed by atoms with Crippen molar-refractivity contribution in [2.24, 2.45) is 0 Å². The SMILES string of the molecule is CNC(=O)C1(COC)CCCN1C(=O)Cc1cncnc1. The maximum atomic E-state index is 12.6. The van der Waals surface area contributed by atoms with Crippen LogP contribution in [0.2, 0.25) is 0 Å². The van der Waals surface area contributed by atoms with Crippen molar-refractivity contribution in [1.82, 2.24) is 20.2 Å². The van der Waals surface area contributed by atoms with E-state index in [1.807, 2.05) is 0 Å². The molecule has 1 aliphatic rings. The van der Waals surface area contributed by atoms with Gasteiger partial charge in [0.15, 0.2) is 0 Å². The summed E-state index contributed by atoms with van der Waals surface area (Å²) in [5.41, 5.74) is -0.173. The fourth-order valence-electron chi connectivity index (χ4n) is 2.86. The van der Waals surface area contributed by atoms with Gasteiger partial charge < -0.3 is 15.0 Å². The van der Waals surface area contributed by atoms with Crippen LogP contribution in [0.5, 0.6) is 0 Å². The highest BCUT2D eigenvalue weighted by Gasteiger charge is 2.49. The summed E-state index contributed by atoms with van der Waals surface area (Å²) in [7, 11) is 3.11. The predicted molar refractivity (Wildman–Crippen MR) is 75.4 cm³/mol. The number of aromatic nitrogens is 2. The molecule has 1 N–H and O–H groups in total. The summed E-state index contributed by atoms with van der Waals surface area (Å²) in [6, 6.07) is 0. The van der Waals surface area contributed by atoms with Crippen LogP contribution < -0.4 is 5.32 Å². The van der Waals surface area contributed by atoms with E-state index in [1.165, 1.54) is 13.4 Å². The lowest BCUT2D eigenvalue weighted by Gasteiger charge is -2.36. The Hall–Kier alpha value is -2.02. The van der Waals surface area contributed by atoms with Crippen LogP contribution in [0.1, 0.15) is 18.4 Å². The molecule has 0 bridgehead atoms. The van der Waals surface area contributed by atoms with E-state index in [2.05, 4.69) is 15.3 Å². The Morgan fingerprint density at radius 1 is 1.43 bits per heavy atom. The summed E-state index contributed by atoms with van der Waals surface area (Å²) in [5, 5.41) is 2.64. The van der Waals surface area contributed by atoms with E-state index in [9.17, 15) is 9.59 Å². The van der Waals surface area contributed by atoms with Gasteiger partial charge in [-0.05, 0) is 18.4 Å². The molecule has 7 heteroatoms. The number of hydrogen-bond donors (Lipinski definition) is 1. The summed E-state index contributed by atoms with van der Waals surface area (Å²) >= 11 is 0. The quantitative estimate of drug-likeness (QED) is 0.810. The smallest absolute Gasteiger partial charge is 0.248 e.